The first-order chi connectivity index (χ1) is 10.1. The monoisotopic (exact) mass is 274 g/mol. The van der Waals surface area contributed by atoms with Crippen LogP contribution in [-0.4, -0.2) is 18.9 Å². The zero-order valence-electron chi connectivity index (χ0n) is 11.6. The van der Waals surface area contributed by atoms with Gasteiger partial charge in [-0.1, -0.05) is 60.7 Å². The van der Waals surface area contributed by atoms with E-state index in [0.29, 0.717) is 6.42 Å². The Morgan fingerprint density at radius 2 is 1.95 bits per heavy atom. The highest BCUT2D eigenvalue weighted by Crippen LogP contribution is 2.38. The van der Waals surface area contributed by atoms with Gasteiger partial charge >= 0.3 is 5.97 Å². The summed E-state index contributed by atoms with van der Waals surface area (Å²) in [7, 11) is 6.19. The molecule has 0 saturated carbocycles. The summed E-state index contributed by atoms with van der Waals surface area (Å²) in [6.07, 6.45) is 10.3. The van der Waals surface area contributed by atoms with Crippen molar-refractivity contribution in [2.45, 2.75) is 12.2 Å². The van der Waals surface area contributed by atoms with Gasteiger partial charge in [0.25, 0.3) is 0 Å². The summed E-state index contributed by atoms with van der Waals surface area (Å²) in [6.45, 7) is 0. The Bertz CT molecular complexity index is 680. The van der Waals surface area contributed by atoms with Gasteiger partial charge in [-0.2, -0.15) is 0 Å². The first kappa shape index (κ1) is 13.7. The van der Waals surface area contributed by atoms with E-state index in [0.717, 1.165) is 22.3 Å². The number of hydrogen-bond acceptors (Lipinski definition) is 1. The van der Waals surface area contributed by atoms with Crippen LogP contribution in [0.2, 0.25) is 5.82 Å². The van der Waals surface area contributed by atoms with Crippen molar-refractivity contribution in [3.05, 3.63) is 77.4 Å². The molecule has 2 atom stereocenters. The highest BCUT2D eigenvalue weighted by Gasteiger charge is 2.20. The fourth-order valence-electron chi connectivity index (χ4n) is 2.70. The molecule has 3 rings (SSSR count). The predicted molar refractivity (Wildman–Crippen MR) is 85.0 cm³/mol. The molecule has 0 bridgehead atoms. The zero-order valence-corrected chi connectivity index (χ0v) is 11.6. The molecule has 2 aliphatic carbocycles. The summed E-state index contributed by atoms with van der Waals surface area (Å²) < 4.78 is 0. The first-order valence-electron chi connectivity index (χ1n) is 7.01. The van der Waals surface area contributed by atoms with Crippen LogP contribution in [-0.2, 0) is 4.79 Å². The van der Waals surface area contributed by atoms with Crippen LogP contribution in [0.4, 0.5) is 0 Å². The lowest BCUT2D eigenvalue weighted by Gasteiger charge is -2.12. The summed E-state index contributed by atoms with van der Waals surface area (Å²) in [5.74, 6) is -1.31. The second-order valence-electron chi connectivity index (χ2n) is 5.31. The number of aliphatic carboxylic acids is 1. The van der Waals surface area contributed by atoms with Gasteiger partial charge in [0.15, 0.2) is 0 Å². The van der Waals surface area contributed by atoms with E-state index in [9.17, 15) is 4.79 Å². The maximum absolute atomic E-state index is 10.9. The molecular formula is C18H15BO2. The number of carboxylic acid groups (broad SMARTS) is 1. The van der Waals surface area contributed by atoms with Gasteiger partial charge in [0, 0.05) is 0 Å². The quantitative estimate of drug-likeness (QED) is 0.856. The highest BCUT2D eigenvalue weighted by molar-refractivity contribution is 6.21. The van der Waals surface area contributed by atoms with Gasteiger partial charge in [-0.15, -0.1) is 0 Å². The molecule has 102 valence electrons. The Kier molecular flexibility index (Phi) is 3.65. The molecule has 0 aliphatic heterocycles. The second kappa shape index (κ2) is 5.61. The third kappa shape index (κ3) is 2.77. The topological polar surface area (TPSA) is 37.3 Å². The molecule has 0 saturated heterocycles. The van der Waals surface area contributed by atoms with Crippen molar-refractivity contribution >= 4 is 19.4 Å². The largest absolute Gasteiger partial charge is 0.481 e. The van der Waals surface area contributed by atoms with E-state index in [2.05, 4.69) is 6.08 Å². The molecule has 21 heavy (non-hydrogen) atoms. The van der Waals surface area contributed by atoms with Crippen LogP contribution in [0.1, 0.15) is 12.0 Å². The Morgan fingerprint density at radius 1 is 1.19 bits per heavy atom. The van der Waals surface area contributed by atoms with Crippen molar-refractivity contribution in [3.63, 3.8) is 0 Å². The Labute approximate surface area is 125 Å². The lowest BCUT2D eigenvalue weighted by molar-refractivity contribution is -0.139. The van der Waals surface area contributed by atoms with Crippen molar-refractivity contribution in [2.24, 2.45) is 5.92 Å². The van der Waals surface area contributed by atoms with E-state index in [1.165, 1.54) is 0 Å². The summed E-state index contributed by atoms with van der Waals surface area (Å²) >= 11 is 0. The van der Waals surface area contributed by atoms with Gasteiger partial charge < -0.3 is 5.11 Å². The normalized spacial score (nSPS) is 24.3. The van der Waals surface area contributed by atoms with Crippen LogP contribution < -0.4 is 0 Å². The average molecular weight is 274 g/mol. The molecule has 2 unspecified atom stereocenters. The van der Waals surface area contributed by atoms with Crippen LogP contribution >= 0.6 is 0 Å². The molecule has 1 aromatic rings. The Balaban J connectivity index is 1.83. The van der Waals surface area contributed by atoms with Gasteiger partial charge in [-0.25, -0.2) is 0 Å². The summed E-state index contributed by atoms with van der Waals surface area (Å²) in [5.41, 5.74) is 4.34. The van der Waals surface area contributed by atoms with E-state index in [1.54, 1.807) is 6.08 Å². The number of allylic oxidation sites excluding steroid dienone is 7. The van der Waals surface area contributed by atoms with Gasteiger partial charge in [-0.05, 0) is 34.5 Å². The maximum atomic E-state index is 10.9. The van der Waals surface area contributed by atoms with Crippen LogP contribution in [0.25, 0.3) is 5.57 Å². The number of hydrogen-bond donors (Lipinski definition) is 1. The number of benzene rings is 1. The Hall–Kier alpha value is -2.29. The van der Waals surface area contributed by atoms with E-state index < -0.39 is 11.9 Å². The lowest BCUT2D eigenvalue weighted by atomic mass is 9.80. The SMILES string of the molecule is [B]C1C=C(C2=CCC(C(=O)O)C=C2)C=C1c1ccccc1. The van der Waals surface area contributed by atoms with Crippen molar-refractivity contribution < 1.29 is 9.90 Å². The molecule has 2 aliphatic rings. The lowest BCUT2D eigenvalue weighted by Crippen LogP contribution is -2.12. The van der Waals surface area contributed by atoms with Crippen molar-refractivity contribution in [1.29, 1.82) is 0 Å². The third-order valence-corrected chi connectivity index (χ3v) is 3.89. The highest BCUT2D eigenvalue weighted by atomic mass is 16.4. The van der Waals surface area contributed by atoms with E-state index in [1.807, 2.05) is 48.6 Å². The third-order valence-electron chi connectivity index (χ3n) is 3.89. The fraction of sp³-hybridized carbons (Fsp3) is 0.167. The minimum atomic E-state index is -0.779. The van der Waals surface area contributed by atoms with Crippen LogP contribution in [0, 0.1) is 5.92 Å². The van der Waals surface area contributed by atoms with Gasteiger partial charge in [0.2, 0.25) is 0 Å². The van der Waals surface area contributed by atoms with Gasteiger partial charge in [0.1, 0.15) is 0 Å². The summed E-state index contributed by atoms with van der Waals surface area (Å²) in [5, 5.41) is 9.00. The average Bonchev–Trinajstić information content (AvgIpc) is 2.90. The second-order valence-corrected chi connectivity index (χ2v) is 5.31. The Morgan fingerprint density at radius 3 is 2.57 bits per heavy atom. The molecule has 0 aromatic heterocycles. The molecule has 0 heterocycles. The van der Waals surface area contributed by atoms with Crippen LogP contribution in [0.15, 0.2) is 71.9 Å². The van der Waals surface area contributed by atoms with Crippen molar-refractivity contribution in [3.8, 4) is 0 Å². The molecule has 1 N–H and O–H groups in total. The molecule has 2 nitrogen and oxygen atoms in total. The minimum Gasteiger partial charge on any atom is -0.481 e. The molecule has 1 aromatic carbocycles. The van der Waals surface area contributed by atoms with E-state index in [-0.39, 0.29) is 5.82 Å². The fourth-order valence-corrected chi connectivity index (χ4v) is 2.70. The van der Waals surface area contributed by atoms with Crippen LogP contribution in [0.5, 0.6) is 0 Å². The van der Waals surface area contributed by atoms with E-state index >= 15 is 0 Å². The maximum Gasteiger partial charge on any atom is 0.310 e. The molecule has 0 amide bonds. The first-order valence-corrected chi connectivity index (χ1v) is 7.01. The molecule has 3 heteroatoms. The number of rotatable bonds is 3. The van der Waals surface area contributed by atoms with Gasteiger partial charge in [0.05, 0.1) is 13.8 Å². The van der Waals surface area contributed by atoms with Crippen molar-refractivity contribution in [2.75, 3.05) is 0 Å². The standard InChI is InChI=1S/C18H15BO2/c19-17-11-15(10-16(17)13-4-2-1-3-5-13)12-6-8-14(9-7-12)18(20)21/h1-8,10-11,14,17H,9H2,(H,20,21). The van der Waals surface area contributed by atoms with E-state index in [4.69, 9.17) is 13.0 Å². The zero-order chi connectivity index (χ0) is 14.8. The minimum absolute atomic E-state index is 0.117. The van der Waals surface area contributed by atoms with Crippen LogP contribution in [0.3, 0.4) is 0 Å². The molecular weight excluding hydrogens is 259 g/mol. The molecule has 0 fully saturated rings. The predicted octanol–water partition coefficient (Wildman–Crippen LogP) is 3.55. The number of carbonyl (C=O) groups is 1. The smallest absolute Gasteiger partial charge is 0.310 e. The number of carboxylic acids is 1. The van der Waals surface area contributed by atoms with Crippen molar-refractivity contribution in [1.82, 2.24) is 0 Å². The summed E-state index contributed by atoms with van der Waals surface area (Å²) in [6, 6.07) is 10.1. The molecule has 2 radical (unpaired) electrons. The summed E-state index contributed by atoms with van der Waals surface area (Å²) in [4.78, 5) is 10.9. The van der Waals surface area contributed by atoms with Gasteiger partial charge in [-0.3, -0.25) is 4.79 Å². The molecule has 0 spiro atoms.